The molecule has 1 amide bonds. The minimum atomic E-state index is -0.464. The van der Waals surface area contributed by atoms with Crippen LogP contribution in [0.25, 0.3) is 17.0 Å². The molecule has 0 aliphatic carbocycles. The molecule has 1 N–H and O–H groups in total. The van der Waals surface area contributed by atoms with E-state index in [1.807, 2.05) is 59.3 Å². The number of nitrogens with zero attached hydrogens (tertiary/aromatic N) is 2. The number of benzene rings is 3. The number of fused-ring (bicyclic) bond motifs is 1. The molecule has 31 heavy (non-hydrogen) atoms. The van der Waals surface area contributed by atoms with Gasteiger partial charge in [0.25, 0.3) is 5.91 Å². The van der Waals surface area contributed by atoms with Gasteiger partial charge in [0.1, 0.15) is 17.5 Å². The van der Waals surface area contributed by atoms with Gasteiger partial charge < -0.3 is 9.88 Å². The number of amides is 1. The first-order chi connectivity index (χ1) is 15.0. The van der Waals surface area contributed by atoms with Crippen molar-refractivity contribution in [2.45, 2.75) is 6.54 Å². The Balaban J connectivity index is 1.56. The summed E-state index contributed by atoms with van der Waals surface area (Å²) in [5.74, 6) is -0.722. The largest absolute Gasteiger partial charge is 0.343 e. The molecule has 4 rings (SSSR count). The Hall–Kier alpha value is -3.69. The zero-order valence-corrected chi connectivity index (χ0v) is 17.9. The molecular weight excluding hydrogens is 457 g/mol. The van der Waals surface area contributed by atoms with Gasteiger partial charge in [-0.2, -0.15) is 5.26 Å². The molecule has 0 aliphatic rings. The van der Waals surface area contributed by atoms with Crippen LogP contribution in [0, 0.1) is 17.1 Å². The number of hydrogen-bond acceptors (Lipinski definition) is 2. The minimum Gasteiger partial charge on any atom is -0.343 e. The first kappa shape index (κ1) is 20.6. The number of halogens is 2. The van der Waals surface area contributed by atoms with E-state index in [2.05, 4.69) is 21.2 Å². The molecule has 0 atom stereocenters. The molecule has 4 nitrogen and oxygen atoms in total. The van der Waals surface area contributed by atoms with Crippen LogP contribution in [-0.2, 0) is 11.3 Å². The Kier molecular flexibility index (Phi) is 5.96. The van der Waals surface area contributed by atoms with Gasteiger partial charge in [-0.15, -0.1) is 0 Å². The fourth-order valence-electron chi connectivity index (χ4n) is 3.33. The van der Waals surface area contributed by atoms with Crippen LogP contribution in [0.15, 0.2) is 89.0 Å². The third-order valence-corrected chi connectivity index (χ3v) is 5.34. The maximum atomic E-state index is 13.5. The molecule has 4 aromatic rings. The van der Waals surface area contributed by atoms with Crippen LogP contribution >= 0.6 is 15.9 Å². The number of aromatic nitrogens is 1. The molecule has 0 radical (unpaired) electrons. The lowest BCUT2D eigenvalue weighted by Gasteiger charge is -2.07. The molecular formula is C25H17BrFN3O. The second-order valence-electron chi connectivity index (χ2n) is 7.02. The van der Waals surface area contributed by atoms with Gasteiger partial charge in [0.15, 0.2) is 0 Å². The van der Waals surface area contributed by atoms with Gasteiger partial charge in [0.05, 0.1) is 0 Å². The minimum absolute atomic E-state index is 0.0152. The molecule has 0 saturated carbocycles. The van der Waals surface area contributed by atoms with Gasteiger partial charge in [-0.05, 0) is 71.8 Å². The van der Waals surface area contributed by atoms with E-state index >= 15 is 0 Å². The summed E-state index contributed by atoms with van der Waals surface area (Å²) < 4.78 is 16.4. The van der Waals surface area contributed by atoms with Crippen molar-refractivity contribution in [2.75, 3.05) is 5.32 Å². The average molecular weight is 474 g/mol. The van der Waals surface area contributed by atoms with E-state index in [-0.39, 0.29) is 11.4 Å². The normalized spacial score (nSPS) is 11.3. The number of rotatable bonds is 5. The quantitative estimate of drug-likeness (QED) is 0.279. The van der Waals surface area contributed by atoms with Crippen molar-refractivity contribution in [2.24, 2.45) is 0 Å². The maximum absolute atomic E-state index is 13.5. The van der Waals surface area contributed by atoms with E-state index in [9.17, 15) is 14.4 Å². The van der Waals surface area contributed by atoms with Gasteiger partial charge in [-0.1, -0.05) is 34.1 Å². The van der Waals surface area contributed by atoms with E-state index in [0.717, 1.165) is 26.5 Å². The lowest BCUT2D eigenvalue weighted by molar-refractivity contribution is -0.112. The second-order valence-corrected chi connectivity index (χ2v) is 7.94. The fraction of sp³-hybridized carbons (Fsp3) is 0.0400. The average Bonchev–Trinajstić information content (AvgIpc) is 3.15. The van der Waals surface area contributed by atoms with Gasteiger partial charge in [-0.25, -0.2) is 4.39 Å². The van der Waals surface area contributed by atoms with E-state index < -0.39 is 5.91 Å². The highest BCUT2D eigenvalue weighted by molar-refractivity contribution is 9.10. The third-order valence-electron chi connectivity index (χ3n) is 4.82. The van der Waals surface area contributed by atoms with Crippen LogP contribution in [0.1, 0.15) is 11.1 Å². The highest BCUT2D eigenvalue weighted by Gasteiger charge is 2.10. The predicted molar refractivity (Wildman–Crippen MR) is 124 cm³/mol. The van der Waals surface area contributed by atoms with Gasteiger partial charge in [0, 0.05) is 33.8 Å². The van der Waals surface area contributed by atoms with Gasteiger partial charge >= 0.3 is 0 Å². The van der Waals surface area contributed by atoms with Gasteiger partial charge in [-0.3, -0.25) is 4.79 Å². The summed E-state index contributed by atoms with van der Waals surface area (Å²) in [6.07, 6.45) is 3.51. The summed E-state index contributed by atoms with van der Waals surface area (Å²) in [5.41, 5.74) is 3.23. The zero-order chi connectivity index (χ0) is 21.8. The van der Waals surface area contributed by atoms with E-state index in [1.165, 1.54) is 12.1 Å². The predicted octanol–water partition coefficient (Wildman–Crippen LogP) is 6.14. The Morgan fingerprint density at radius 1 is 1.10 bits per heavy atom. The maximum Gasteiger partial charge on any atom is 0.266 e. The lowest BCUT2D eigenvalue weighted by atomic mass is 10.1. The van der Waals surface area contributed by atoms with E-state index in [0.29, 0.717) is 12.2 Å². The number of nitriles is 1. The summed E-state index contributed by atoms with van der Waals surface area (Å²) in [7, 11) is 0. The summed E-state index contributed by atoms with van der Waals surface area (Å²) in [5, 5.41) is 13.2. The molecule has 0 unspecified atom stereocenters. The first-order valence-electron chi connectivity index (χ1n) is 9.54. The second kappa shape index (κ2) is 8.99. The molecule has 152 valence electrons. The highest BCUT2D eigenvalue weighted by atomic mass is 79.9. The molecule has 0 aliphatic heterocycles. The van der Waals surface area contributed by atoms with Crippen LogP contribution in [0.3, 0.4) is 0 Å². The monoisotopic (exact) mass is 473 g/mol. The molecule has 6 heteroatoms. The standard InChI is InChI=1S/C25H17BrFN3O/c26-21-5-7-23(8-6-21)29-25(31)20(15-28)13-17-4-9-24-19(12-17)10-11-30(24)16-18-2-1-3-22(27)14-18/h1-14H,16H2,(H,29,31)/b20-13+. The van der Waals surface area contributed by atoms with Crippen molar-refractivity contribution in [3.63, 3.8) is 0 Å². The van der Waals surface area contributed by atoms with Crippen molar-refractivity contribution in [1.29, 1.82) is 5.26 Å². The summed E-state index contributed by atoms with van der Waals surface area (Å²) in [4.78, 5) is 12.5. The van der Waals surface area contributed by atoms with E-state index in [1.54, 1.807) is 24.3 Å². The Bertz CT molecular complexity index is 1330. The summed E-state index contributed by atoms with van der Waals surface area (Å²) in [6.45, 7) is 0.551. The van der Waals surface area contributed by atoms with Crippen LogP contribution in [0.5, 0.6) is 0 Å². The molecule has 1 heterocycles. The van der Waals surface area contributed by atoms with Crippen molar-refractivity contribution in [1.82, 2.24) is 4.57 Å². The number of hydrogen-bond donors (Lipinski definition) is 1. The number of anilines is 1. The third kappa shape index (κ3) is 4.90. The number of nitrogens with one attached hydrogen (secondary N) is 1. The van der Waals surface area contributed by atoms with Crippen LogP contribution in [0.4, 0.5) is 10.1 Å². The zero-order valence-electron chi connectivity index (χ0n) is 16.3. The Morgan fingerprint density at radius 3 is 2.65 bits per heavy atom. The number of carbonyl (C=O) groups excluding carboxylic acids is 1. The van der Waals surface area contributed by atoms with Crippen molar-refractivity contribution in [3.8, 4) is 6.07 Å². The smallest absolute Gasteiger partial charge is 0.266 e. The van der Waals surface area contributed by atoms with Gasteiger partial charge in [0.2, 0.25) is 0 Å². The van der Waals surface area contributed by atoms with Crippen LogP contribution in [0.2, 0.25) is 0 Å². The lowest BCUT2D eigenvalue weighted by Crippen LogP contribution is -2.13. The van der Waals surface area contributed by atoms with Crippen molar-refractivity contribution in [3.05, 3.63) is 106 Å². The van der Waals surface area contributed by atoms with Crippen molar-refractivity contribution >= 4 is 44.5 Å². The highest BCUT2D eigenvalue weighted by Crippen LogP contribution is 2.21. The molecule has 3 aromatic carbocycles. The summed E-state index contributed by atoms with van der Waals surface area (Å²) >= 11 is 3.35. The molecule has 0 saturated heterocycles. The van der Waals surface area contributed by atoms with Crippen LogP contribution in [-0.4, -0.2) is 10.5 Å². The summed E-state index contributed by atoms with van der Waals surface area (Å²) in [6, 6.07) is 23.3. The number of carbonyl (C=O) groups is 1. The molecule has 0 fully saturated rings. The molecule has 0 spiro atoms. The Morgan fingerprint density at radius 2 is 1.90 bits per heavy atom. The molecule has 0 bridgehead atoms. The van der Waals surface area contributed by atoms with Crippen molar-refractivity contribution < 1.29 is 9.18 Å². The SMILES string of the molecule is N#C/C(=C\c1ccc2c(ccn2Cc2cccc(F)c2)c1)C(=O)Nc1ccc(Br)cc1. The van der Waals surface area contributed by atoms with Crippen LogP contribution < -0.4 is 5.32 Å². The Labute approximate surface area is 187 Å². The molecule has 1 aromatic heterocycles. The first-order valence-corrected chi connectivity index (χ1v) is 10.3. The fourth-order valence-corrected chi connectivity index (χ4v) is 3.59. The topological polar surface area (TPSA) is 57.8 Å². The van der Waals surface area contributed by atoms with E-state index in [4.69, 9.17) is 0 Å².